The monoisotopic (exact) mass is 404 g/mol. The lowest BCUT2D eigenvalue weighted by atomic mass is 10.1. The number of amides is 2. The summed E-state index contributed by atoms with van der Waals surface area (Å²) in [6.07, 6.45) is 0.372. The molecule has 0 aliphatic rings. The second-order valence-corrected chi connectivity index (χ2v) is 7.73. The highest BCUT2D eigenvalue weighted by Crippen LogP contribution is 2.20. The first-order chi connectivity index (χ1) is 13.0. The van der Waals surface area contributed by atoms with Crippen LogP contribution in [-0.2, 0) is 16.1 Å². The second-order valence-electron chi connectivity index (χ2n) is 6.13. The van der Waals surface area contributed by atoms with Gasteiger partial charge in [0, 0.05) is 35.2 Å². The lowest BCUT2D eigenvalue weighted by molar-refractivity contribution is -0.140. The van der Waals surface area contributed by atoms with E-state index in [9.17, 15) is 9.59 Å². The van der Waals surface area contributed by atoms with Crippen molar-refractivity contribution in [1.29, 1.82) is 0 Å². The van der Waals surface area contributed by atoms with Crippen molar-refractivity contribution in [2.24, 2.45) is 0 Å². The summed E-state index contributed by atoms with van der Waals surface area (Å²) in [5, 5.41) is 3.44. The van der Waals surface area contributed by atoms with Gasteiger partial charge in [0.15, 0.2) is 0 Å². The van der Waals surface area contributed by atoms with Gasteiger partial charge in [0.2, 0.25) is 11.8 Å². The molecular weight excluding hydrogens is 380 g/mol. The summed E-state index contributed by atoms with van der Waals surface area (Å²) in [5.41, 5.74) is 0.944. The minimum Gasteiger partial charge on any atom is -0.355 e. The molecule has 2 aromatic rings. The summed E-state index contributed by atoms with van der Waals surface area (Å²) in [6.45, 7) is 4.55. The average Bonchev–Trinajstić information content (AvgIpc) is 2.68. The van der Waals surface area contributed by atoms with Gasteiger partial charge in [-0.15, -0.1) is 11.8 Å². The van der Waals surface area contributed by atoms with E-state index in [1.165, 1.54) is 0 Å². The molecule has 0 radical (unpaired) electrons. The highest BCUT2D eigenvalue weighted by molar-refractivity contribution is 7.99. The number of nitrogens with one attached hydrogen (secondary N) is 1. The normalized spacial score (nSPS) is 11.7. The summed E-state index contributed by atoms with van der Waals surface area (Å²) in [6, 6.07) is 16.8. The van der Waals surface area contributed by atoms with Crippen molar-refractivity contribution >= 4 is 35.2 Å². The number of hydrogen-bond donors (Lipinski definition) is 1. The molecule has 27 heavy (non-hydrogen) atoms. The Morgan fingerprint density at radius 1 is 1.11 bits per heavy atom. The van der Waals surface area contributed by atoms with E-state index in [0.717, 1.165) is 10.5 Å². The molecule has 0 aliphatic carbocycles. The van der Waals surface area contributed by atoms with E-state index in [2.05, 4.69) is 5.32 Å². The molecule has 2 rings (SSSR count). The van der Waals surface area contributed by atoms with Crippen LogP contribution in [0, 0.1) is 0 Å². The maximum absolute atomic E-state index is 12.9. The molecule has 144 valence electrons. The molecule has 0 fully saturated rings. The SMILES string of the molecule is CCNC(=O)C(C)N(Cc1ccc(Cl)cc1)C(=O)CCSc1ccccc1. The Hall–Kier alpha value is -1.98. The molecule has 1 atom stereocenters. The lowest BCUT2D eigenvalue weighted by Crippen LogP contribution is -2.47. The number of benzene rings is 2. The van der Waals surface area contributed by atoms with Gasteiger partial charge in [0.05, 0.1) is 0 Å². The maximum atomic E-state index is 12.9. The van der Waals surface area contributed by atoms with Gasteiger partial charge in [0.25, 0.3) is 0 Å². The van der Waals surface area contributed by atoms with E-state index in [-0.39, 0.29) is 11.8 Å². The van der Waals surface area contributed by atoms with Gasteiger partial charge in [-0.1, -0.05) is 41.9 Å². The van der Waals surface area contributed by atoms with Crippen molar-refractivity contribution in [2.45, 2.75) is 37.8 Å². The molecule has 0 aliphatic heterocycles. The number of thioether (sulfide) groups is 1. The summed E-state index contributed by atoms with van der Waals surface area (Å²) < 4.78 is 0. The van der Waals surface area contributed by atoms with Crippen LogP contribution in [-0.4, -0.2) is 35.1 Å². The Kier molecular flexibility index (Phi) is 8.69. The van der Waals surface area contributed by atoms with Gasteiger partial charge in [-0.05, 0) is 43.7 Å². The zero-order chi connectivity index (χ0) is 19.6. The summed E-state index contributed by atoms with van der Waals surface area (Å²) in [5.74, 6) is 0.491. The fraction of sp³-hybridized carbons (Fsp3) is 0.333. The number of halogens is 1. The number of nitrogens with zero attached hydrogens (tertiary/aromatic N) is 1. The molecule has 1 unspecified atom stereocenters. The van der Waals surface area contributed by atoms with Crippen molar-refractivity contribution in [3.8, 4) is 0 Å². The third-order valence-corrected chi connectivity index (χ3v) is 5.38. The maximum Gasteiger partial charge on any atom is 0.242 e. The van der Waals surface area contributed by atoms with E-state index in [0.29, 0.717) is 30.3 Å². The Bertz CT molecular complexity index is 738. The van der Waals surface area contributed by atoms with Crippen molar-refractivity contribution in [3.05, 3.63) is 65.2 Å². The van der Waals surface area contributed by atoms with Crippen molar-refractivity contribution < 1.29 is 9.59 Å². The molecular formula is C21H25ClN2O2S. The molecule has 2 aromatic carbocycles. The smallest absolute Gasteiger partial charge is 0.242 e. The van der Waals surface area contributed by atoms with Gasteiger partial charge in [0.1, 0.15) is 6.04 Å². The molecule has 0 heterocycles. The van der Waals surface area contributed by atoms with E-state index in [1.54, 1.807) is 35.7 Å². The van der Waals surface area contributed by atoms with E-state index in [1.807, 2.05) is 49.4 Å². The van der Waals surface area contributed by atoms with Gasteiger partial charge in [-0.2, -0.15) is 0 Å². The Balaban J connectivity index is 2.03. The number of likely N-dealkylation sites (N-methyl/N-ethyl adjacent to an activating group) is 1. The summed E-state index contributed by atoms with van der Waals surface area (Å²) in [7, 11) is 0. The Morgan fingerprint density at radius 3 is 2.41 bits per heavy atom. The fourth-order valence-corrected chi connectivity index (χ4v) is 3.60. The number of carbonyl (C=O) groups excluding carboxylic acids is 2. The van der Waals surface area contributed by atoms with Crippen LogP contribution in [0.15, 0.2) is 59.5 Å². The molecule has 0 saturated carbocycles. The highest BCUT2D eigenvalue weighted by Gasteiger charge is 2.25. The zero-order valence-corrected chi connectivity index (χ0v) is 17.2. The van der Waals surface area contributed by atoms with Crippen LogP contribution in [0.4, 0.5) is 0 Å². The van der Waals surface area contributed by atoms with Crippen LogP contribution in [0.1, 0.15) is 25.8 Å². The van der Waals surface area contributed by atoms with Crippen LogP contribution in [0.3, 0.4) is 0 Å². The molecule has 0 bridgehead atoms. The predicted octanol–water partition coefficient (Wildman–Crippen LogP) is 4.38. The van der Waals surface area contributed by atoms with E-state index >= 15 is 0 Å². The van der Waals surface area contributed by atoms with Gasteiger partial charge in [-0.25, -0.2) is 0 Å². The third-order valence-electron chi connectivity index (χ3n) is 4.11. The minimum absolute atomic E-state index is 0.0351. The standard InChI is InChI=1S/C21H25ClN2O2S/c1-3-23-21(26)16(2)24(15-17-9-11-18(22)12-10-17)20(25)13-14-27-19-7-5-4-6-8-19/h4-12,16H,3,13-15H2,1-2H3,(H,23,26). The zero-order valence-electron chi connectivity index (χ0n) is 15.7. The van der Waals surface area contributed by atoms with Crippen LogP contribution in [0.25, 0.3) is 0 Å². The van der Waals surface area contributed by atoms with Crippen molar-refractivity contribution in [2.75, 3.05) is 12.3 Å². The van der Waals surface area contributed by atoms with Crippen LogP contribution in [0.2, 0.25) is 5.02 Å². The molecule has 0 saturated heterocycles. The molecule has 4 nitrogen and oxygen atoms in total. The summed E-state index contributed by atoms with van der Waals surface area (Å²) in [4.78, 5) is 27.9. The first-order valence-electron chi connectivity index (χ1n) is 9.00. The average molecular weight is 405 g/mol. The quantitative estimate of drug-likeness (QED) is 0.631. The molecule has 0 spiro atoms. The van der Waals surface area contributed by atoms with Gasteiger partial charge in [-0.3, -0.25) is 9.59 Å². The van der Waals surface area contributed by atoms with Gasteiger partial charge >= 0.3 is 0 Å². The molecule has 0 aromatic heterocycles. The lowest BCUT2D eigenvalue weighted by Gasteiger charge is -2.28. The largest absolute Gasteiger partial charge is 0.355 e. The van der Waals surface area contributed by atoms with E-state index < -0.39 is 6.04 Å². The second kappa shape index (κ2) is 11.0. The summed E-state index contributed by atoms with van der Waals surface area (Å²) >= 11 is 7.58. The van der Waals surface area contributed by atoms with Crippen molar-refractivity contribution in [1.82, 2.24) is 10.2 Å². The number of rotatable bonds is 9. The third kappa shape index (κ3) is 6.92. The molecule has 1 N–H and O–H groups in total. The molecule has 6 heteroatoms. The number of carbonyl (C=O) groups is 2. The van der Waals surface area contributed by atoms with E-state index in [4.69, 9.17) is 11.6 Å². The Morgan fingerprint density at radius 2 is 1.78 bits per heavy atom. The number of hydrogen-bond acceptors (Lipinski definition) is 3. The van der Waals surface area contributed by atoms with Gasteiger partial charge < -0.3 is 10.2 Å². The predicted molar refractivity (Wildman–Crippen MR) is 112 cm³/mol. The van der Waals surface area contributed by atoms with Crippen LogP contribution >= 0.6 is 23.4 Å². The first-order valence-corrected chi connectivity index (χ1v) is 10.4. The minimum atomic E-state index is -0.533. The van der Waals surface area contributed by atoms with Crippen molar-refractivity contribution in [3.63, 3.8) is 0 Å². The van der Waals surface area contributed by atoms with Crippen LogP contribution < -0.4 is 5.32 Å². The Labute approximate surface area is 170 Å². The topological polar surface area (TPSA) is 49.4 Å². The van der Waals surface area contributed by atoms with Crippen LogP contribution in [0.5, 0.6) is 0 Å². The first kappa shape index (κ1) is 21.3. The molecule has 2 amide bonds. The fourth-order valence-electron chi connectivity index (χ4n) is 2.61. The highest BCUT2D eigenvalue weighted by atomic mass is 35.5.